The molecule has 5 nitrogen and oxygen atoms in total. The maximum absolute atomic E-state index is 13.2. The highest BCUT2D eigenvalue weighted by Crippen LogP contribution is 2.30. The van der Waals surface area contributed by atoms with Gasteiger partial charge in [-0.25, -0.2) is 4.98 Å². The van der Waals surface area contributed by atoms with Crippen LogP contribution in [0.2, 0.25) is 0 Å². The van der Waals surface area contributed by atoms with Crippen LogP contribution in [-0.4, -0.2) is 40.6 Å². The standard InChI is InChI=1S/C21H31BrN4O/c1-5-7-18(25-11-10-23-13-21(3,4)14-25)19-24-17-9-8-15(22)12-16(17)20(27)26(19)6-2/h8-9,12,18,23H,5-7,10-11,13-14H2,1-4H3. The van der Waals surface area contributed by atoms with Gasteiger partial charge < -0.3 is 5.32 Å². The number of nitrogens with zero attached hydrogens (tertiary/aromatic N) is 3. The molecule has 0 aliphatic carbocycles. The maximum atomic E-state index is 13.2. The first kappa shape index (κ1) is 20.5. The Kier molecular flexibility index (Phi) is 6.39. The van der Waals surface area contributed by atoms with E-state index in [-0.39, 0.29) is 17.0 Å². The molecule has 1 aromatic carbocycles. The van der Waals surface area contributed by atoms with Gasteiger partial charge in [0.25, 0.3) is 5.56 Å². The monoisotopic (exact) mass is 434 g/mol. The SMILES string of the molecule is CCCC(c1nc2ccc(Br)cc2c(=O)n1CC)N1CCNCC(C)(C)C1. The fourth-order valence-corrected chi connectivity index (χ4v) is 4.48. The number of hydrogen-bond donors (Lipinski definition) is 1. The summed E-state index contributed by atoms with van der Waals surface area (Å²) >= 11 is 3.48. The second kappa shape index (κ2) is 8.41. The fraction of sp³-hybridized carbons (Fsp3) is 0.619. The predicted molar refractivity (Wildman–Crippen MR) is 115 cm³/mol. The van der Waals surface area contributed by atoms with Gasteiger partial charge >= 0.3 is 0 Å². The molecule has 3 rings (SSSR count). The molecule has 1 aromatic heterocycles. The highest BCUT2D eigenvalue weighted by Gasteiger charge is 2.31. The van der Waals surface area contributed by atoms with E-state index in [1.807, 2.05) is 29.7 Å². The predicted octanol–water partition coefficient (Wildman–Crippen LogP) is 3.95. The molecular formula is C21H31BrN4O. The zero-order valence-electron chi connectivity index (χ0n) is 16.9. The molecule has 1 aliphatic rings. The highest BCUT2D eigenvalue weighted by atomic mass is 79.9. The number of aromatic nitrogens is 2. The minimum Gasteiger partial charge on any atom is -0.315 e. The van der Waals surface area contributed by atoms with Crippen molar-refractivity contribution in [2.45, 2.75) is 53.1 Å². The van der Waals surface area contributed by atoms with Crippen LogP contribution in [0.5, 0.6) is 0 Å². The van der Waals surface area contributed by atoms with E-state index in [4.69, 9.17) is 4.98 Å². The van der Waals surface area contributed by atoms with Crippen molar-refractivity contribution in [2.75, 3.05) is 26.2 Å². The van der Waals surface area contributed by atoms with Gasteiger partial charge in [0.2, 0.25) is 0 Å². The molecule has 0 bridgehead atoms. The van der Waals surface area contributed by atoms with E-state index in [0.29, 0.717) is 11.9 Å². The number of benzene rings is 1. The second-order valence-electron chi connectivity index (χ2n) is 8.30. The number of nitrogens with one attached hydrogen (secondary N) is 1. The highest BCUT2D eigenvalue weighted by molar-refractivity contribution is 9.10. The van der Waals surface area contributed by atoms with Gasteiger partial charge in [-0.15, -0.1) is 0 Å². The molecular weight excluding hydrogens is 404 g/mol. The molecule has 2 heterocycles. The van der Waals surface area contributed by atoms with Crippen molar-refractivity contribution in [3.05, 3.63) is 38.9 Å². The van der Waals surface area contributed by atoms with Crippen LogP contribution in [0.4, 0.5) is 0 Å². The van der Waals surface area contributed by atoms with E-state index >= 15 is 0 Å². The van der Waals surface area contributed by atoms with Gasteiger partial charge in [-0.05, 0) is 37.0 Å². The Hall–Kier alpha value is -1.24. The Morgan fingerprint density at radius 2 is 2.11 bits per heavy atom. The minimum atomic E-state index is 0.0621. The van der Waals surface area contributed by atoms with Gasteiger partial charge in [-0.3, -0.25) is 14.3 Å². The quantitative estimate of drug-likeness (QED) is 0.773. The van der Waals surface area contributed by atoms with Gasteiger partial charge in [0.15, 0.2) is 0 Å². The smallest absolute Gasteiger partial charge is 0.261 e. The van der Waals surface area contributed by atoms with Crippen molar-refractivity contribution >= 4 is 26.8 Å². The first-order valence-corrected chi connectivity index (χ1v) is 10.8. The van der Waals surface area contributed by atoms with E-state index in [1.165, 1.54) is 0 Å². The lowest BCUT2D eigenvalue weighted by atomic mass is 9.92. The van der Waals surface area contributed by atoms with Crippen LogP contribution in [0.25, 0.3) is 10.9 Å². The maximum Gasteiger partial charge on any atom is 0.261 e. The van der Waals surface area contributed by atoms with Crippen LogP contribution in [0.1, 0.15) is 52.4 Å². The third kappa shape index (κ3) is 4.44. The van der Waals surface area contributed by atoms with E-state index in [0.717, 1.165) is 54.8 Å². The van der Waals surface area contributed by atoms with Gasteiger partial charge in [0.05, 0.1) is 16.9 Å². The lowest BCUT2D eigenvalue weighted by Gasteiger charge is -2.35. The summed E-state index contributed by atoms with van der Waals surface area (Å²) in [4.78, 5) is 20.7. The third-order valence-corrected chi connectivity index (χ3v) is 5.87. The molecule has 0 saturated carbocycles. The number of halogens is 1. The van der Waals surface area contributed by atoms with Crippen molar-refractivity contribution in [2.24, 2.45) is 5.41 Å². The number of rotatable bonds is 5. The van der Waals surface area contributed by atoms with E-state index in [1.54, 1.807) is 0 Å². The largest absolute Gasteiger partial charge is 0.315 e. The lowest BCUT2D eigenvalue weighted by molar-refractivity contribution is 0.136. The Morgan fingerprint density at radius 1 is 1.33 bits per heavy atom. The molecule has 1 atom stereocenters. The van der Waals surface area contributed by atoms with Gasteiger partial charge in [0, 0.05) is 37.2 Å². The summed E-state index contributed by atoms with van der Waals surface area (Å²) in [5.74, 6) is 0.914. The van der Waals surface area contributed by atoms with Crippen molar-refractivity contribution < 1.29 is 0 Å². The summed E-state index contributed by atoms with van der Waals surface area (Å²) in [5.41, 5.74) is 1.05. The van der Waals surface area contributed by atoms with E-state index < -0.39 is 0 Å². The van der Waals surface area contributed by atoms with E-state index in [2.05, 4.69) is 46.9 Å². The van der Waals surface area contributed by atoms with Crippen LogP contribution >= 0.6 is 15.9 Å². The minimum absolute atomic E-state index is 0.0621. The van der Waals surface area contributed by atoms with Crippen LogP contribution in [0.15, 0.2) is 27.5 Å². The molecule has 0 spiro atoms. The van der Waals surface area contributed by atoms with Crippen LogP contribution in [0, 0.1) is 5.41 Å². The third-order valence-electron chi connectivity index (χ3n) is 5.37. The van der Waals surface area contributed by atoms with Crippen LogP contribution in [0.3, 0.4) is 0 Å². The molecule has 2 aromatic rings. The molecule has 6 heteroatoms. The molecule has 1 saturated heterocycles. The first-order chi connectivity index (χ1) is 12.9. The summed E-state index contributed by atoms with van der Waals surface area (Å²) in [7, 11) is 0. The lowest BCUT2D eigenvalue weighted by Crippen LogP contribution is -2.40. The molecule has 1 N–H and O–H groups in total. The van der Waals surface area contributed by atoms with Gasteiger partial charge in [-0.1, -0.05) is 43.1 Å². The topological polar surface area (TPSA) is 50.2 Å². The summed E-state index contributed by atoms with van der Waals surface area (Å²) < 4.78 is 2.79. The van der Waals surface area contributed by atoms with Crippen molar-refractivity contribution in [1.82, 2.24) is 19.8 Å². The van der Waals surface area contributed by atoms with Crippen molar-refractivity contribution in [3.8, 4) is 0 Å². The zero-order valence-corrected chi connectivity index (χ0v) is 18.5. The molecule has 1 aliphatic heterocycles. The molecule has 1 fully saturated rings. The average Bonchev–Trinajstić information content (AvgIpc) is 2.80. The zero-order chi connectivity index (χ0) is 19.6. The van der Waals surface area contributed by atoms with Crippen LogP contribution < -0.4 is 10.9 Å². The summed E-state index contributed by atoms with van der Waals surface area (Å²) in [5, 5.41) is 4.24. The summed E-state index contributed by atoms with van der Waals surface area (Å²) in [6, 6.07) is 5.95. The Labute approximate surface area is 170 Å². The second-order valence-corrected chi connectivity index (χ2v) is 9.21. The average molecular weight is 435 g/mol. The molecule has 148 valence electrons. The Morgan fingerprint density at radius 3 is 2.81 bits per heavy atom. The van der Waals surface area contributed by atoms with Gasteiger partial charge in [0.1, 0.15) is 5.82 Å². The Balaban J connectivity index is 2.13. The summed E-state index contributed by atoms with van der Waals surface area (Å²) in [6.07, 6.45) is 2.07. The van der Waals surface area contributed by atoms with Crippen molar-refractivity contribution in [1.29, 1.82) is 0 Å². The first-order valence-electron chi connectivity index (χ1n) is 10.0. The fourth-order valence-electron chi connectivity index (χ4n) is 4.12. The van der Waals surface area contributed by atoms with Crippen molar-refractivity contribution in [3.63, 3.8) is 0 Å². The molecule has 27 heavy (non-hydrogen) atoms. The number of fused-ring (bicyclic) bond motifs is 1. The number of hydrogen-bond acceptors (Lipinski definition) is 4. The normalized spacial score (nSPS) is 19.1. The van der Waals surface area contributed by atoms with Gasteiger partial charge in [-0.2, -0.15) is 0 Å². The summed E-state index contributed by atoms with van der Waals surface area (Å²) in [6.45, 7) is 13.5. The molecule has 0 amide bonds. The molecule has 1 unspecified atom stereocenters. The van der Waals surface area contributed by atoms with E-state index in [9.17, 15) is 4.79 Å². The van der Waals surface area contributed by atoms with Crippen LogP contribution in [-0.2, 0) is 6.54 Å². The molecule has 0 radical (unpaired) electrons. The Bertz CT molecular complexity index is 861.